The number of hydrogen-bond acceptors (Lipinski definition) is 3. The van der Waals surface area contributed by atoms with Crippen LogP contribution in [0.5, 0.6) is 0 Å². The van der Waals surface area contributed by atoms with Crippen molar-refractivity contribution in [2.45, 2.75) is 18.7 Å². The van der Waals surface area contributed by atoms with Crippen LogP contribution in [-0.4, -0.2) is 25.8 Å². The van der Waals surface area contributed by atoms with Gasteiger partial charge in [-0.15, -0.1) is 6.42 Å². The van der Waals surface area contributed by atoms with E-state index in [9.17, 15) is 13.2 Å². The molecule has 0 saturated carbocycles. The molecule has 2 aromatic carbocycles. The molecule has 124 valence electrons. The van der Waals surface area contributed by atoms with E-state index >= 15 is 0 Å². The molecule has 0 N–H and O–H groups in total. The summed E-state index contributed by atoms with van der Waals surface area (Å²) < 4.78 is 23.6. The summed E-state index contributed by atoms with van der Waals surface area (Å²) in [6, 6.07) is 16.4. The smallest absolute Gasteiger partial charge is 0.245 e. The maximum Gasteiger partial charge on any atom is 0.245 e. The van der Waals surface area contributed by atoms with Crippen molar-refractivity contribution in [3.63, 3.8) is 0 Å². The fourth-order valence-electron chi connectivity index (χ4n) is 2.23. The van der Waals surface area contributed by atoms with Crippen LogP contribution in [0.3, 0.4) is 0 Å². The summed E-state index contributed by atoms with van der Waals surface area (Å²) in [4.78, 5) is 14.2. The molecule has 0 bridgehead atoms. The summed E-state index contributed by atoms with van der Waals surface area (Å²) in [5, 5.41) is -1.13. The summed E-state index contributed by atoms with van der Waals surface area (Å²) in [6.45, 7) is 1.67. The third-order valence-corrected chi connectivity index (χ3v) is 5.25. The quantitative estimate of drug-likeness (QED) is 0.786. The summed E-state index contributed by atoms with van der Waals surface area (Å²) in [7, 11) is -3.49. The highest BCUT2D eigenvalue weighted by Crippen LogP contribution is 2.21. The first-order valence-electron chi connectivity index (χ1n) is 7.44. The Morgan fingerprint density at radius 3 is 2.42 bits per heavy atom. The summed E-state index contributed by atoms with van der Waals surface area (Å²) in [5.74, 6) is 2.05. The maximum absolute atomic E-state index is 12.8. The number of nitrogens with zero attached hydrogens (tertiary/aromatic N) is 1. The highest BCUT2D eigenvalue weighted by Gasteiger charge is 2.29. The predicted molar refractivity (Wildman–Crippen MR) is 96.3 cm³/mol. The summed E-state index contributed by atoms with van der Waals surface area (Å²) in [5.41, 5.74) is 2.11. The molecule has 0 radical (unpaired) electrons. The molecule has 0 aliphatic carbocycles. The van der Waals surface area contributed by atoms with Gasteiger partial charge in [-0.25, -0.2) is 8.42 Å². The maximum atomic E-state index is 12.8. The molecule has 2 aromatic rings. The van der Waals surface area contributed by atoms with E-state index in [-0.39, 0.29) is 6.54 Å². The van der Waals surface area contributed by atoms with E-state index in [4.69, 9.17) is 6.42 Å². The highest BCUT2D eigenvalue weighted by molar-refractivity contribution is 7.92. The normalized spacial score (nSPS) is 12.2. The van der Waals surface area contributed by atoms with E-state index in [2.05, 4.69) is 5.92 Å². The van der Waals surface area contributed by atoms with Gasteiger partial charge in [0.25, 0.3) is 0 Å². The Bertz CT molecular complexity index is 867. The van der Waals surface area contributed by atoms with Gasteiger partial charge in [-0.2, -0.15) is 0 Å². The van der Waals surface area contributed by atoms with Crippen LogP contribution in [0.15, 0.2) is 54.6 Å². The van der Waals surface area contributed by atoms with E-state index in [1.807, 2.05) is 30.3 Å². The van der Waals surface area contributed by atoms with Gasteiger partial charge in [0, 0.05) is 17.5 Å². The topological polar surface area (TPSA) is 54.5 Å². The molecule has 24 heavy (non-hydrogen) atoms. The van der Waals surface area contributed by atoms with Gasteiger partial charge in [0.05, 0.1) is 6.54 Å². The predicted octanol–water partition coefficient (Wildman–Crippen LogP) is 2.63. The fraction of sp³-hybridized carbons (Fsp3) is 0.211. The molecule has 4 nitrogen and oxygen atoms in total. The Morgan fingerprint density at radius 1 is 1.17 bits per heavy atom. The lowest BCUT2D eigenvalue weighted by Crippen LogP contribution is -2.41. The SMILES string of the molecule is C#Cc1cccc(N(Cc2ccccc2)C(=O)[C@H](C)S(C)(=O)=O)c1. The molecule has 5 heteroatoms. The molecule has 2 rings (SSSR count). The van der Waals surface area contributed by atoms with Gasteiger partial charge in [-0.1, -0.05) is 42.3 Å². The van der Waals surface area contributed by atoms with Crippen molar-refractivity contribution in [1.29, 1.82) is 0 Å². The number of carbonyl (C=O) groups excluding carboxylic acids is 1. The molecular formula is C19H19NO3S. The van der Waals surface area contributed by atoms with Crippen LogP contribution in [0.1, 0.15) is 18.1 Å². The van der Waals surface area contributed by atoms with Gasteiger partial charge >= 0.3 is 0 Å². The van der Waals surface area contributed by atoms with Gasteiger partial charge < -0.3 is 4.90 Å². The monoisotopic (exact) mass is 341 g/mol. The van der Waals surface area contributed by atoms with Crippen LogP contribution in [0.25, 0.3) is 0 Å². The summed E-state index contributed by atoms with van der Waals surface area (Å²) in [6.07, 6.45) is 6.49. The van der Waals surface area contributed by atoms with E-state index in [0.717, 1.165) is 11.8 Å². The van der Waals surface area contributed by atoms with Gasteiger partial charge in [0.1, 0.15) is 5.25 Å². The lowest BCUT2D eigenvalue weighted by molar-refractivity contribution is -0.118. The third kappa shape index (κ3) is 4.24. The van der Waals surface area contributed by atoms with Gasteiger partial charge in [0.2, 0.25) is 5.91 Å². The van der Waals surface area contributed by atoms with Gasteiger partial charge in [-0.3, -0.25) is 4.79 Å². The minimum absolute atomic E-state index is 0.271. The van der Waals surface area contributed by atoms with E-state index < -0.39 is 21.0 Å². The lowest BCUT2D eigenvalue weighted by Gasteiger charge is -2.25. The average Bonchev–Trinajstić information content (AvgIpc) is 2.58. The Balaban J connectivity index is 2.45. The van der Waals surface area contributed by atoms with Gasteiger partial charge in [0.15, 0.2) is 9.84 Å². The standard InChI is InChI=1S/C19H19NO3S/c1-4-16-11-8-12-18(13-16)20(14-17-9-6-5-7-10-17)19(21)15(2)24(3,22)23/h1,5-13,15H,14H2,2-3H3/t15-/m0/s1. The van der Waals surface area contributed by atoms with Crippen LogP contribution >= 0.6 is 0 Å². The highest BCUT2D eigenvalue weighted by atomic mass is 32.2. The second-order valence-electron chi connectivity index (χ2n) is 5.58. The molecule has 0 aliphatic heterocycles. The zero-order valence-electron chi connectivity index (χ0n) is 13.6. The van der Waals surface area contributed by atoms with Crippen LogP contribution in [0.2, 0.25) is 0 Å². The number of anilines is 1. The summed E-state index contributed by atoms with van der Waals surface area (Å²) >= 11 is 0. The molecule has 1 amide bonds. The Hall–Kier alpha value is -2.58. The van der Waals surface area contributed by atoms with Crippen molar-refractivity contribution in [1.82, 2.24) is 0 Å². The number of benzene rings is 2. The minimum Gasteiger partial charge on any atom is -0.307 e. The van der Waals surface area contributed by atoms with Gasteiger partial charge in [-0.05, 0) is 30.7 Å². The molecule has 0 saturated heterocycles. The zero-order valence-corrected chi connectivity index (χ0v) is 14.5. The van der Waals surface area contributed by atoms with E-state index in [0.29, 0.717) is 11.3 Å². The Labute approximate surface area is 143 Å². The third-order valence-electron chi connectivity index (χ3n) is 3.76. The molecule has 0 heterocycles. The first kappa shape index (κ1) is 17.8. The first-order chi connectivity index (χ1) is 11.3. The second-order valence-corrected chi connectivity index (χ2v) is 7.94. The Kier molecular flexibility index (Phi) is 5.42. The van der Waals surface area contributed by atoms with Crippen molar-refractivity contribution in [3.8, 4) is 12.3 Å². The van der Waals surface area contributed by atoms with Crippen LogP contribution in [-0.2, 0) is 21.2 Å². The number of terminal acetylenes is 1. The number of amides is 1. The number of rotatable bonds is 5. The van der Waals surface area contributed by atoms with E-state index in [1.165, 1.54) is 11.8 Å². The molecule has 0 unspecified atom stereocenters. The van der Waals surface area contributed by atoms with Crippen LogP contribution in [0, 0.1) is 12.3 Å². The molecule has 1 atom stereocenters. The molecular weight excluding hydrogens is 322 g/mol. The molecule has 0 aliphatic rings. The number of carbonyl (C=O) groups is 1. The van der Waals surface area contributed by atoms with Crippen LogP contribution < -0.4 is 4.90 Å². The molecule has 0 spiro atoms. The molecule has 0 aromatic heterocycles. The first-order valence-corrected chi connectivity index (χ1v) is 9.39. The Morgan fingerprint density at radius 2 is 1.83 bits per heavy atom. The van der Waals surface area contributed by atoms with Crippen molar-refractivity contribution < 1.29 is 13.2 Å². The fourth-order valence-corrected chi connectivity index (χ4v) is 2.72. The van der Waals surface area contributed by atoms with Crippen molar-refractivity contribution in [2.24, 2.45) is 0 Å². The van der Waals surface area contributed by atoms with Crippen molar-refractivity contribution >= 4 is 21.4 Å². The molecule has 0 fully saturated rings. The minimum atomic E-state index is -3.49. The largest absolute Gasteiger partial charge is 0.307 e. The van der Waals surface area contributed by atoms with Crippen LogP contribution in [0.4, 0.5) is 5.69 Å². The number of sulfone groups is 1. The van der Waals surface area contributed by atoms with Crippen molar-refractivity contribution in [2.75, 3.05) is 11.2 Å². The van der Waals surface area contributed by atoms with E-state index in [1.54, 1.807) is 24.3 Å². The number of hydrogen-bond donors (Lipinski definition) is 0. The van der Waals surface area contributed by atoms with Crippen molar-refractivity contribution in [3.05, 3.63) is 65.7 Å². The average molecular weight is 341 g/mol. The lowest BCUT2D eigenvalue weighted by atomic mass is 10.1. The zero-order chi connectivity index (χ0) is 17.7. The second kappa shape index (κ2) is 7.33.